The highest BCUT2D eigenvalue weighted by molar-refractivity contribution is 5.38. The fourth-order valence-electron chi connectivity index (χ4n) is 5.11. The number of likely N-dealkylation sites (tertiary alicyclic amines) is 1. The minimum absolute atomic E-state index is 0.119. The summed E-state index contributed by atoms with van der Waals surface area (Å²) in [6.07, 6.45) is 7.91. The van der Waals surface area contributed by atoms with E-state index in [-0.39, 0.29) is 5.60 Å². The fraction of sp³-hybridized carbons (Fsp3) is 0.667. The Morgan fingerprint density at radius 2 is 2.00 bits per heavy atom. The Labute approximate surface area is 122 Å². The van der Waals surface area contributed by atoms with Crippen LogP contribution in [0.3, 0.4) is 0 Å². The molecule has 20 heavy (non-hydrogen) atoms. The lowest BCUT2D eigenvalue weighted by molar-refractivity contribution is -0.930. The molecule has 1 aromatic rings. The van der Waals surface area contributed by atoms with Gasteiger partial charge in [-0.3, -0.25) is 0 Å². The molecule has 1 saturated carbocycles. The number of rotatable bonds is 0. The highest BCUT2D eigenvalue weighted by Gasteiger charge is 2.60. The van der Waals surface area contributed by atoms with Gasteiger partial charge < -0.3 is 9.22 Å². The summed E-state index contributed by atoms with van der Waals surface area (Å²) >= 11 is 0. The van der Waals surface area contributed by atoms with Gasteiger partial charge in [-0.15, -0.1) is 0 Å². The number of likely N-dealkylation sites (N-methyl/N-ethyl adjacent to an activating group) is 1. The molecule has 1 spiro atoms. The number of piperidine rings is 1. The highest BCUT2D eigenvalue weighted by atomic mass is 16.5. The molecule has 3 unspecified atom stereocenters. The number of hydrogen-bond acceptors (Lipinski definition) is 1. The lowest BCUT2D eigenvalue weighted by atomic mass is 9.64. The molecule has 1 aromatic carbocycles. The summed E-state index contributed by atoms with van der Waals surface area (Å²) < 4.78 is 7.88. The Morgan fingerprint density at radius 3 is 2.90 bits per heavy atom. The van der Waals surface area contributed by atoms with Gasteiger partial charge in [-0.05, 0) is 25.3 Å². The molecule has 1 saturated heterocycles. The van der Waals surface area contributed by atoms with E-state index >= 15 is 0 Å². The van der Waals surface area contributed by atoms with Crippen LogP contribution < -0.4 is 4.74 Å². The first kappa shape index (κ1) is 12.7. The molecule has 0 aromatic heterocycles. The smallest absolute Gasteiger partial charge is 0.164 e. The zero-order valence-electron chi connectivity index (χ0n) is 12.8. The molecule has 2 fully saturated rings. The summed E-state index contributed by atoms with van der Waals surface area (Å²) in [5.74, 6) is 1.94. The van der Waals surface area contributed by atoms with E-state index in [9.17, 15) is 0 Å². The Balaban J connectivity index is 1.82. The van der Waals surface area contributed by atoms with Crippen molar-refractivity contribution in [2.45, 2.75) is 50.2 Å². The predicted octanol–water partition coefficient (Wildman–Crippen LogP) is 3.40. The molecule has 3 atom stereocenters. The van der Waals surface area contributed by atoms with Crippen LogP contribution in [0.1, 0.15) is 37.7 Å². The van der Waals surface area contributed by atoms with Gasteiger partial charge in [0, 0.05) is 24.3 Å². The summed E-state index contributed by atoms with van der Waals surface area (Å²) in [5.41, 5.74) is 1.54. The van der Waals surface area contributed by atoms with E-state index in [1.807, 2.05) is 0 Å². The largest absolute Gasteiger partial charge is 0.480 e. The molecule has 2 heteroatoms. The van der Waals surface area contributed by atoms with Crippen molar-refractivity contribution < 1.29 is 9.22 Å². The SMILES string of the molecule is C[N+]1(C)CCC2CCCCC23Oc2ccccc2CC31. The average Bonchev–Trinajstić information content (AvgIpc) is 2.45. The van der Waals surface area contributed by atoms with Gasteiger partial charge in [0.25, 0.3) is 0 Å². The van der Waals surface area contributed by atoms with E-state index in [0.29, 0.717) is 6.04 Å². The van der Waals surface area contributed by atoms with Crippen molar-refractivity contribution in [2.75, 3.05) is 20.6 Å². The summed E-state index contributed by atoms with van der Waals surface area (Å²) in [6.45, 7) is 1.31. The van der Waals surface area contributed by atoms with Crippen LogP contribution in [0.4, 0.5) is 0 Å². The molecule has 2 aliphatic heterocycles. The number of quaternary nitrogens is 1. The van der Waals surface area contributed by atoms with E-state index in [0.717, 1.165) is 16.2 Å². The molecule has 1 aliphatic carbocycles. The summed E-state index contributed by atoms with van der Waals surface area (Å²) in [5, 5.41) is 0. The molecule has 2 heterocycles. The van der Waals surface area contributed by atoms with Crippen molar-refractivity contribution in [2.24, 2.45) is 5.92 Å². The maximum atomic E-state index is 6.75. The van der Waals surface area contributed by atoms with Gasteiger partial charge in [-0.1, -0.05) is 24.6 Å². The third-order valence-electron chi connectivity index (χ3n) is 6.21. The summed E-state index contributed by atoms with van der Waals surface area (Å²) in [6, 6.07) is 9.35. The molecular formula is C18H26NO+. The van der Waals surface area contributed by atoms with E-state index in [1.165, 1.54) is 50.6 Å². The number of benzene rings is 1. The number of hydrogen-bond donors (Lipinski definition) is 0. The number of fused-ring (bicyclic) bond motifs is 1. The van der Waals surface area contributed by atoms with E-state index in [1.54, 1.807) is 0 Å². The number of nitrogens with zero attached hydrogens (tertiary/aromatic N) is 1. The zero-order valence-corrected chi connectivity index (χ0v) is 12.8. The van der Waals surface area contributed by atoms with Crippen LogP contribution in [0, 0.1) is 5.92 Å². The van der Waals surface area contributed by atoms with Gasteiger partial charge in [0.1, 0.15) is 11.8 Å². The molecule has 4 rings (SSSR count). The molecule has 108 valence electrons. The average molecular weight is 272 g/mol. The Bertz CT molecular complexity index is 524. The highest BCUT2D eigenvalue weighted by Crippen LogP contribution is 2.51. The molecule has 0 N–H and O–H groups in total. The van der Waals surface area contributed by atoms with Gasteiger partial charge in [0.2, 0.25) is 0 Å². The minimum atomic E-state index is 0.119. The Morgan fingerprint density at radius 1 is 1.15 bits per heavy atom. The van der Waals surface area contributed by atoms with E-state index in [2.05, 4.69) is 38.4 Å². The Kier molecular flexibility index (Phi) is 2.69. The van der Waals surface area contributed by atoms with E-state index < -0.39 is 0 Å². The van der Waals surface area contributed by atoms with Gasteiger partial charge in [-0.25, -0.2) is 0 Å². The van der Waals surface area contributed by atoms with Crippen LogP contribution in [0.15, 0.2) is 24.3 Å². The molecule has 0 radical (unpaired) electrons. The quantitative estimate of drug-likeness (QED) is 0.658. The van der Waals surface area contributed by atoms with Crippen LogP contribution in [0.2, 0.25) is 0 Å². The fourth-order valence-corrected chi connectivity index (χ4v) is 5.11. The maximum Gasteiger partial charge on any atom is 0.164 e. The third-order valence-corrected chi connectivity index (χ3v) is 6.21. The van der Waals surface area contributed by atoms with Crippen LogP contribution >= 0.6 is 0 Å². The molecule has 2 nitrogen and oxygen atoms in total. The second kappa shape index (κ2) is 4.24. The topological polar surface area (TPSA) is 9.23 Å². The molecule has 0 amide bonds. The van der Waals surface area contributed by atoms with Crippen molar-refractivity contribution in [3.8, 4) is 5.75 Å². The first-order valence-electron chi connectivity index (χ1n) is 8.21. The zero-order chi connectivity index (χ0) is 13.8. The first-order valence-corrected chi connectivity index (χ1v) is 8.21. The van der Waals surface area contributed by atoms with Crippen LogP contribution in [0.5, 0.6) is 5.75 Å². The monoisotopic (exact) mass is 272 g/mol. The molecule has 3 aliphatic rings. The standard InChI is InChI=1S/C18H26NO/c1-19(2)12-10-15-8-5-6-11-18(15)17(19)13-14-7-3-4-9-16(14)20-18/h3-4,7,9,15,17H,5-6,8,10-13H2,1-2H3/q+1. The van der Waals surface area contributed by atoms with Crippen LogP contribution in [-0.2, 0) is 6.42 Å². The predicted molar refractivity (Wildman–Crippen MR) is 80.8 cm³/mol. The van der Waals surface area contributed by atoms with Crippen molar-refractivity contribution in [1.29, 1.82) is 0 Å². The Hall–Kier alpha value is -1.02. The minimum Gasteiger partial charge on any atom is -0.480 e. The van der Waals surface area contributed by atoms with Crippen LogP contribution in [0.25, 0.3) is 0 Å². The summed E-state index contributed by atoms with van der Waals surface area (Å²) in [7, 11) is 4.82. The summed E-state index contributed by atoms with van der Waals surface area (Å²) in [4.78, 5) is 0. The van der Waals surface area contributed by atoms with Gasteiger partial charge >= 0.3 is 0 Å². The van der Waals surface area contributed by atoms with Crippen molar-refractivity contribution in [3.05, 3.63) is 29.8 Å². The van der Waals surface area contributed by atoms with E-state index in [4.69, 9.17) is 4.74 Å². The first-order chi connectivity index (χ1) is 9.62. The second-order valence-electron chi connectivity index (χ2n) is 7.62. The van der Waals surface area contributed by atoms with Gasteiger partial charge in [0.05, 0.1) is 20.6 Å². The third kappa shape index (κ3) is 1.67. The number of para-hydroxylation sites is 1. The maximum absolute atomic E-state index is 6.75. The number of ether oxygens (including phenoxy) is 1. The molecular weight excluding hydrogens is 246 g/mol. The lowest BCUT2D eigenvalue weighted by Gasteiger charge is -2.59. The second-order valence-corrected chi connectivity index (χ2v) is 7.62. The van der Waals surface area contributed by atoms with Crippen molar-refractivity contribution in [1.82, 2.24) is 0 Å². The molecule has 0 bridgehead atoms. The normalized spacial score (nSPS) is 38.1. The van der Waals surface area contributed by atoms with Gasteiger partial charge in [-0.2, -0.15) is 0 Å². The van der Waals surface area contributed by atoms with Gasteiger partial charge in [0.15, 0.2) is 5.60 Å². The van der Waals surface area contributed by atoms with Crippen molar-refractivity contribution in [3.63, 3.8) is 0 Å². The lowest BCUT2D eigenvalue weighted by Crippen LogP contribution is -2.72. The van der Waals surface area contributed by atoms with Crippen molar-refractivity contribution >= 4 is 0 Å². The van der Waals surface area contributed by atoms with Crippen LogP contribution in [-0.4, -0.2) is 36.8 Å².